The lowest BCUT2D eigenvalue weighted by atomic mass is 9.81. The van der Waals surface area contributed by atoms with E-state index in [1.807, 2.05) is 26.2 Å². The molecule has 0 aliphatic carbocycles. The van der Waals surface area contributed by atoms with E-state index in [2.05, 4.69) is 38.1 Å². The van der Waals surface area contributed by atoms with Crippen molar-refractivity contribution in [1.29, 1.82) is 0 Å². The molecule has 0 unspecified atom stereocenters. The molecule has 5 rings (SSSR count). The number of nitrogens with zero attached hydrogens (tertiary/aromatic N) is 4. The zero-order chi connectivity index (χ0) is 19.5. The van der Waals surface area contributed by atoms with Crippen LogP contribution in [0.2, 0.25) is 0 Å². The van der Waals surface area contributed by atoms with Crippen LogP contribution in [-0.4, -0.2) is 52.1 Å². The first-order valence-electron chi connectivity index (χ1n) is 9.30. The quantitative estimate of drug-likeness (QED) is 0.697. The van der Waals surface area contributed by atoms with Gasteiger partial charge in [-0.3, -0.25) is 9.78 Å². The minimum Gasteiger partial charge on any atom is -0.350 e. The van der Waals surface area contributed by atoms with E-state index in [0.29, 0.717) is 18.8 Å². The minimum absolute atomic E-state index is 0.137. The maximum Gasteiger partial charge on any atom is 0.329 e. The Morgan fingerprint density at radius 1 is 1.14 bits per heavy atom. The first kappa shape index (κ1) is 16.9. The fourth-order valence-corrected chi connectivity index (χ4v) is 4.74. The molecule has 3 aromatic rings. The van der Waals surface area contributed by atoms with E-state index in [1.54, 1.807) is 24.5 Å². The van der Waals surface area contributed by atoms with Gasteiger partial charge in [0.05, 0.1) is 11.9 Å². The van der Waals surface area contributed by atoms with Gasteiger partial charge in [0.2, 0.25) is 0 Å². The molecule has 1 N–H and O–H groups in total. The topological polar surface area (TPSA) is 70.5 Å². The molecule has 1 aromatic carbocycles. The summed E-state index contributed by atoms with van der Waals surface area (Å²) in [7, 11) is 3.99. The number of likely N-dealkylation sites (tertiary alicyclic amines) is 1. The molecule has 2 aliphatic heterocycles. The lowest BCUT2D eigenvalue weighted by Gasteiger charge is -2.27. The second-order valence-electron chi connectivity index (χ2n) is 7.72. The van der Waals surface area contributed by atoms with E-state index in [9.17, 15) is 9.59 Å². The number of nitrogens with one attached hydrogen (secondary N) is 1. The smallest absolute Gasteiger partial charge is 0.329 e. The number of fused-ring (bicyclic) bond motifs is 1. The van der Waals surface area contributed by atoms with Crippen LogP contribution in [0.15, 0.2) is 55.0 Å². The van der Waals surface area contributed by atoms with Gasteiger partial charge < -0.3 is 14.8 Å². The van der Waals surface area contributed by atoms with Crippen molar-refractivity contribution in [2.45, 2.75) is 11.5 Å². The lowest BCUT2D eigenvalue weighted by Crippen LogP contribution is -2.52. The number of urea groups is 1. The molecule has 142 valence electrons. The summed E-state index contributed by atoms with van der Waals surface area (Å²) >= 11 is 0. The Hall–Kier alpha value is -3.19. The monoisotopic (exact) mass is 375 g/mol. The Labute approximate surface area is 162 Å². The number of imide groups is 1. The largest absolute Gasteiger partial charge is 0.350 e. The lowest BCUT2D eigenvalue weighted by molar-refractivity contribution is -0.122. The molecule has 2 aliphatic rings. The third-order valence-corrected chi connectivity index (χ3v) is 5.93. The van der Waals surface area contributed by atoms with Gasteiger partial charge in [-0.2, -0.15) is 0 Å². The van der Waals surface area contributed by atoms with Gasteiger partial charge in [-0.05, 0) is 30.8 Å². The molecule has 3 amide bonds. The average molecular weight is 375 g/mol. The molecular formula is C21H21N5O2. The second kappa shape index (κ2) is 5.90. The van der Waals surface area contributed by atoms with Gasteiger partial charge in [0, 0.05) is 49.4 Å². The molecule has 1 spiro atoms. The minimum atomic E-state index is -0.980. The zero-order valence-corrected chi connectivity index (χ0v) is 15.8. The fourth-order valence-electron chi connectivity index (χ4n) is 4.74. The highest BCUT2D eigenvalue weighted by Crippen LogP contribution is 2.43. The summed E-state index contributed by atoms with van der Waals surface area (Å²) in [6.45, 7) is 1.17. The fraction of sp³-hybridized carbons (Fsp3) is 0.286. The predicted molar refractivity (Wildman–Crippen MR) is 106 cm³/mol. The Bertz CT molecular complexity index is 1090. The van der Waals surface area contributed by atoms with E-state index >= 15 is 0 Å². The SMILES string of the molecule is CN1C[C@H](c2cn(C)c3ccccc23)[C@]2(C1)NC(=O)N(c1cccnc1)C2=O. The summed E-state index contributed by atoms with van der Waals surface area (Å²) in [6, 6.07) is 11.2. The van der Waals surface area contributed by atoms with Gasteiger partial charge in [-0.25, -0.2) is 9.69 Å². The highest BCUT2D eigenvalue weighted by Gasteiger charge is 2.60. The zero-order valence-electron chi connectivity index (χ0n) is 15.8. The molecule has 0 bridgehead atoms. The summed E-state index contributed by atoms with van der Waals surface area (Å²) < 4.78 is 2.08. The van der Waals surface area contributed by atoms with Crippen molar-refractivity contribution < 1.29 is 9.59 Å². The predicted octanol–water partition coefficient (Wildman–Crippen LogP) is 2.10. The summed E-state index contributed by atoms with van der Waals surface area (Å²) in [5.41, 5.74) is 1.71. The number of anilines is 1. The van der Waals surface area contributed by atoms with Gasteiger partial charge in [0.25, 0.3) is 5.91 Å². The number of aromatic nitrogens is 2. The number of para-hydroxylation sites is 1. The molecule has 2 aromatic heterocycles. The normalized spacial score (nSPS) is 25.2. The molecular weight excluding hydrogens is 354 g/mol. The summed E-state index contributed by atoms with van der Waals surface area (Å²) in [5.74, 6) is -0.352. The average Bonchev–Trinajstić information content (AvgIpc) is 3.28. The second-order valence-corrected chi connectivity index (χ2v) is 7.72. The molecule has 0 radical (unpaired) electrons. The third-order valence-electron chi connectivity index (χ3n) is 5.93. The van der Waals surface area contributed by atoms with Gasteiger partial charge in [-0.1, -0.05) is 18.2 Å². The van der Waals surface area contributed by atoms with Crippen LogP contribution in [0, 0.1) is 0 Å². The highest BCUT2D eigenvalue weighted by atomic mass is 16.2. The first-order chi connectivity index (χ1) is 13.5. The number of hydrogen-bond donors (Lipinski definition) is 1. The van der Waals surface area contributed by atoms with Crippen molar-refractivity contribution in [3.05, 3.63) is 60.6 Å². The van der Waals surface area contributed by atoms with Crippen molar-refractivity contribution >= 4 is 28.5 Å². The molecule has 0 saturated carbocycles. The maximum absolute atomic E-state index is 13.6. The van der Waals surface area contributed by atoms with Crippen LogP contribution >= 0.6 is 0 Å². The van der Waals surface area contributed by atoms with Gasteiger partial charge >= 0.3 is 6.03 Å². The Morgan fingerprint density at radius 2 is 1.96 bits per heavy atom. The molecule has 2 fully saturated rings. The Balaban J connectivity index is 1.64. The van der Waals surface area contributed by atoms with Crippen LogP contribution in [0.25, 0.3) is 10.9 Å². The number of amides is 3. The van der Waals surface area contributed by atoms with Crippen molar-refractivity contribution in [2.24, 2.45) is 7.05 Å². The van der Waals surface area contributed by atoms with Crippen LogP contribution < -0.4 is 10.2 Å². The number of hydrogen-bond acceptors (Lipinski definition) is 4. The number of rotatable bonds is 2. The third kappa shape index (κ3) is 2.23. The summed E-state index contributed by atoms with van der Waals surface area (Å²) in [4.78, 5) is 33.8. The van der Waals surface area contributed by atoms with E-state index < -0.39 is 11.6 Å². The van der Waals surface area contributed by atoms with Gasteiger partial charge in [0.15, 0.2) is 0 Å². The first-order valence-corrected chi connectivity index (χ1v) is 9.30. The van der Waals surface area contributed by atoms with Crippen LogP contribution in [0.1, 0.15) is 11.5 Å². The summed E-state index contributed by atoms with van der Waals surface area (Å²) in [6.07, 6.45) is 5.25. The van der Waals surface area contributed by atoms with Gasteiger partial charge in [0.1, 0.15) is 5.54 Å². The highest BCUT2D eigenvalue weighted by molar-refractivity contribution is 6.24. The van der Waals surface area contributed by atoms with Crippen LogP contribution in [0.4, 0.5) is 10.5 Å². The number of benzene rings is 1. The molecule has 7 nitrogen and oxygen atoms in total. The Kier molecular flexibility index (Phi) is 3.57. The van der Waals surface area contributed by atoms with E-state index in [-0.39, 0.29) is 11.8 Å². The Morgan fingerprint density at radius 3 is 2.75 bits per heavy atom. The number of carbonyl (C=O) groups excluding carboxylic acids is 2. The summed E-state index contributed by atoms with van der Waals surface area (Å²) in [5, 5.41) is 4.16. The van der Waals surface area contributed by atoms with Gasteiger partial charge in [-0.15, -0.1) is 0 Å². The molecule has 4 heterocycles. The van der Waals surface area contributed by atoms with E-state index in [4.69, 9.17) is 0 Å². The van der Waals surface area contributed by atoms with E-state index in [0.717, 1.165) is 16.5 Å². The number of likely N-dealkylation sites (N-methyl/N-ethyl adjacent to an activating group) is 1. The number of aryl methyl sites for hydroxylation is 1. The maximum atomic E-state index is 13.6. The standard InChI is InChI=1S/C21H21N5O2/c1-24-12-17(16-11-25(2)18-8-4-3-7-15(16)18)21(13-24)19(27)26(20(28)23-21)14-6-5-9-22-10-14/h3-11,17H,12-13H2,1-2H3,(H,23,28)/t17-,21+/m1/s1. The van der Waals surface area contributed by atoms with E-state index in [1.165, 1.54) is 4.90 Å². The van der Waals surface area contributed by atoms with Crippen molar-refractivity contribution in [1.82, 2.24) is 19.8 Å². The molecule has 28 heavy (non-hydrogen) atoms. The van der Waals surface area contributed by atoms with Crippen LogP contribution in [0.5, 0.6) is 0 Å². The molecule has 2 atom stereocenters. The molecule has 7 heteroatoms. The van der Waals surface area contributed by atoms with Crippen LogP contribution in [-0.2, 0) is 11.8 Å². The van der Waals surface area contributed by atoms with Crippen LogP contribution in [0.3, 0.4) is 0 Å². The number of pyridine rings is 1. The number of carbonyl (C=O) groups is 2. The van der Waals surface area contributed by atoms with Crippen molar-refractivity contribution in [3.8, 4) is 0 Å². The van der Waals surface area contributed by atoms with Crippen molar-refractivity contribution in [2.75, 3.05) is 25.0 Å². The van der Waals surface area contributed by atoms with Crippen molar-refractivity contribution in [3.63, 3.8) is 0 Å². The molecule has 2 saturated heterocycles.